The summed E-state index contributed by atoms with van der Waals surface area (Å²) in [6.45, 7) is 5.99. The summed E-state index contributed by atoms with van der Waals surface area (Å²) in [6, 6.07) is 10.8. The summed E-state index contributed by atoms with van der Waals surface area (Å²) in [4.78, 5) is 2.79. The van der Waals surface area contributed by atoms with Gasteiger partial charge in [-0.2, -0.15) is 0 Å². The van der Waals surface area contributed by atoms with Crippen molar-refractivity contribution in [3.8, 4) is 0 Å². The Hall–Kier alpha value is -1.99. The van der Waals surface area contributed by atoms with E-state index in [1.54, 1.807) is 6.08 Å². The quantitative estimate of drug-likeness (QED) is 0.548. The predicted molar refractivity (Wildman–Crippen MR) is 104 cm³/mol. The zero-order chi connectivity index (χ0) is 16.1. The highest BCUT2D eigenvalue weighted by Crippen LogP contribution is 2.48. The van der Waals surface area contributed by atoms with Crippen LogP contribution in [0.25, 0.3) is 5.57 Å². The average molecular weight is 318 g/mol. The highest BCUT2D eigenvalue weighted by molar-refractivity contribution is 8.07. The maximum atomic E-state index is 3.71. The Bertz CT molecular complexity index is 739. The first kappa shape index (κ1) is 15.9. The van der Waals surface area contributed by atoms with Gasteiger partial charge in [0.1, 0.15) is 0 Å². The van der Waals surface area contributed by atoms with E-state index < -0.39 is 0 Å². The van der Waals surface area contributed by atoms with Crippen LogP contribution in [0.3, 0.4) is 0 Å². The lowest BCUT2D eigenvalue weighted by atomic mass is 9.89. The van der Waals surface area contributed by atoms with E-state index in [4.69, 9.17) is 0 Å². The third-order valence-corrected chi connectivity index (χ3v) is 5.46. The first-order valence-electron chi connectivity index (χ1n) is 8.13. The first-order chi connectivity index (χ1) is 11.3. The third-order valence-electron chi connectivity index (χ3n) is 4.18. The fourth-order valence-electron chi connectivity index (χ4n) is 3.05. The smallest absolute Gasteiger partial charge is 0.0149 e. The van der Waals surface area contributed by atoms with Gasteiger partial charge in [0.05, 0.1) is 0 Å². The zero-order valence-electron chi connectivity index (χ0n) is 13.6. The molecule has 2 aliphatic rings. The van der Waals surface area contributed by atoms with Crippen LogP contribution >= 0.6 is 11.8 Å². The zero-order valence-corrected chi connectivity index (χ0v) is 14.4. The Kier molecular flexibility index (Phi) is 5.19. The van der Waals surface area contributed by atoms with Gasteiger partial charge < -0.3 is 0 Å². The minimum absolute atomic E-state index is 1.19. The fraction of sp³-hybridized carbons (Fsp3) is 0.182. The Labute approximate surface area is 143 Å². The van der Waals surface area contributed by atoms with Crippen LogP contribution in [0.1, 0.15) is 31.7 Å². The number of benzene rings is 1. The molecule has 1 aromatic carbocycles. The van der Waals surface area contributed by atoms with Crippen LogP contribution in [-0.2, 0) is 0 Å². The second-order valence-electron chi connectivity index (χ2n) is 5.85. The van der Waals surface area contributed by atoms with Gasteiger partial charge in [0.2, 0.25) is 0 Å². The number of rotatable bonds is 4. The third kappa shape index (κ3) is 3.68. The molecule has 1 aliphatic carbocycles. The molecule has 23 heavy (non-hydrogen) atoms. The van der Waals surface area contributed by atoms with E-state index in [0.717, 1.165) is 0 Å². The van der Waals surface area contributed by atoms with E-state index in [0.29, 0.717) is 0 Å². The van der Waals surface area contributed by atoms with Gasteiger partial charge in [-0.3, -0.25) is 0 Å². The van der Waals surface area contributed by atoms with Crippen molar-refractivity contribution in [2.24, 2.45) is 0 Å². The van der Waals surface area contributed by atoms with E-state index in [9.17, 15) is 0 Å². The van der Waals surface area contributed by atoms with Gasteiger partial charge in [-0.15, -0.1) is 0 Å². The Balaban J connectivity index is 2.05. The summed E-state index contributed by atoms with van der Waals surface area (Å²) < 4.78 is 0. The molecule has 3 rings (SSSR count). The van der Waals surface area contributed by atoms with Gasteiger partial charge in [-0.05, 0) is 55.0 Å². The van der Waals surface area contributed by atoms with Crippen molar-refractivity contribution in [3.63, 3.8) is 0 Å². The summed E-state index contributed by atoms with van der Waals surface area (Å²) in [5.41, 5.74) is 5.78. The van der Waals surface area contributed by atoms with Crippen molar-refractivity contribution in [3.05, 3.63) is 99.9 Å². The molecule has 0 N–H and O–H groups in total. The summed E-state index contributed by atoms with van der Waals surface area (Å²) in [5, 5.41) is 0. The molecule has 0 saturated heterocycles. The Morgan fingerprint density at radius 3 is 2.65 bits per heavy atom. The highest BCUT2D eigenvalue weighted by Gasteiger charge is 2.23. The Morgan fingerprint density at radius 2 is 1.87 bits per heavy atom. The molecule has 0 nitrogen and oxygen atoms in total. The largest absolute Gasteiger partial charge is 0.0991 e. The first-order valence-corrected chi connectivity index (χ1v) is 8.95. The molecule has 0 radical (unpaired) electrons. The Morgan fingerprint density at radius 1 is 1.04 bits per heavy atom. The molecule has 0 fully saturated rings. The summed E-state index contributed by atoms with van der Waals surface area (Å²) >= 11 is 1.92. The van der Waals surface area contributed by atoms with Crippen LogP contribution in [0.15, 0.2) is 94.3 Å². The number of hydrogen-bond donors (Lipinski definition) is 0. The molecule has 0 atom stereocenters. The van der Waals surface area contributed by atoms with E-state index in [-0.39, 0.29) is 0 Å². The molecule has 0 spiro atoms. The molecule has 116 valence electrons. The molecule has 0 aromatic heterocycles. The lowest BCUT2D eigenvalue weighted by molar-refractivity contribution is 0.780. The number of allylic oxidation sites excluding steroid dienone is 9. The lowest BCUT2D eigenvalue weighted by Gasteiger charge is -2.27. The molecule has 1 aromatic rings. The maximum Gasteiger partial charge on any atom is 0.0149 e. The normalized spacial score (nSPS) is 18.6. The summed E-state index contributed by atoms with van der Waals surface area (Å²) in [5.74, 6) is 0. The van der Waals surface area contributed by atoms with Gasteiger partial charge in [0.15, 0.2) is 0 Å². The van der Waals surface area contributed by atoms with E-state index >= 15 is 0 Å². The SMILES string of the molecule is C=C/C=C\C=C\C1=CC(c2ccccc2)=C2CCCC(C)=C2S1. The minimum Gasteiger partial charge on any atom is -0.0991 e. The minimum atomic E-state index is 1.19. The van der Waals surface area contributed by atoms with Crippen molar-refractivity contribution >= 4 is 17.3 Å². The van der Waals surface area contributed by atoms with E-state index in [1.807, 2.05) is 23.9 Å². The number of thioether (sulfide) groups is 1. The van der Waals surface area contributed by atoms with Crippen LogP contribution in [0.4, 0.5) is 0 Å². The van der Waals surface area contributed by atoms with E-state index in [2.05, 4.69) is 62.1 Å². The number of fused-ring (bicyclic) bond motifs is 1. The molecule has 0 bridgehead atoms. The van der Waals surface area contributed by atoms with Crippen molar-refractivity contribution in [2.45, 2.75) is 26.2 Å². The molecular weight excluding hydrogens is 296 g/mol. The van der Waals surface area contributed by atoms with Crippen molar-refractivity contribution in [2.75, 3.05) is 0 Å². The maximum absolute atomic E-state index is 3.71. The molecule has 0 saturated carbocycles. The molecule has 1 aliphatic heterocycles. The standard InChI is InChI=1S/C22H22S/c1-3-4-5-9-14-19-16-21(18-12-7-6-8-13-18)20-15-10-11-17(2)22(20)23-19/h3-9,12-14,16H,1,10-11,15H2,2H3/b5-4-,14-9+. The summed E-state index contributed by atoms with van der Waals surface area (Å²) in [7, 11) is 0. The lowest BCUT2D eigenvalue weighted by Crippen LogP contribution is -2.05. The average Bonchev–Trinajstić information content (AvgIpc) is 2.60. The number of hydrogen-bond acceptors (Lipinski definition) is 1. The topological polar surface area (TPSA) is 0 Å². The van der Waals surface area contributed by atoms with E-state index in [1.165, 1.54) is 51.4 Å². The van der Waals surface area contributed by atoms with Gasteiger partial charge in [-0.1, -0.05) is 78.5 Å². The predicted octanol–water partition coefficient (Wildman–Crippen LogP) is 6.83. The fourth-order valence-corrected chi connectivity index (χ4v) is 4.22. The van der Waals surface area contributed by atoms with Crippen molar-refractivity contribution < 1.29 is 0 Å². The van der Waals surface area contributed by atoms with Crippen LogP contribution in [0.2, 0.25) is 0 Å². The van der Waals surface area contributed by atoms with Crippen molar-refractivity contribution in [1.82, 2.24) is 0 Å². The van der Waals surface area contributed by atoms with Crippen LogP contribution in [0, 0.1) is 0 Å². The van der Waals surface area contributed by atoms with Gasteiger partial charge in [-0.25, -0.2) is 0 Å². The molecule has 0 amide bonds. The molecule has 1 heterocycles. The second kappa shape index (κ2) is 7.52. The van der Waals surface area contributed by atoms with Crippen LogP contribution < -0.4 is 0 Å². The monoisotopic (exact) mass is 318 g/mol. The van der Waals surface area contributed by atoms with Crippen LogP contribution in [0.5, 0.6) is 0 Å². The molecular formula is C22H22S. The summed E-state index contributed by atoms with van der Waals surface area (Å²) in [6.07, 6.45) is 16.1. The highest BCUT2D eigenvalue weighted by atomic mass is 32.2. The second-order valence-corrected chi connectivity index (χ2v) is 6.93. The van der Waals surface area contributed by atoms with Gasteiger partial charge in [0, 0.05) is 9.81 Å². The van der Waals surface area contributed by atoms with Crippen molar-refractivity contribution in [1.29, 1.82) is 0 Å². The van der Waals surface area contributed by atoms with Gasteiger partial charge >= 0.3 is 0 Å². The van der Waals surface area contributed by atoms with Crippen LogP contribution in [-0.4, -0.2) is 0 Å². The van der Waals surface area contributed by atoms with Gasteiger partial charge in [0.25, 0.3) is 0 Å². The molecule has 0 unspecified atom stereocenters. The molecule has 1 heteroatoms.